The van der Waals surface area contributed by atoms with Gasteiger partial charge in [0.1, 0.15) is 0 Å². The maximum atomic E-state index is 2.19. The Bertz CT molecular complexity index is 56.0. The van der Waals surface area contributed by atoms with Crippen LogP contribution in [0.4, 0.5) is 0 Å². The van der Waals surface area contributed by atoms with Gasteiger partial charge in [0.05, 0.1) is 0 Å². The minimum atomic E-state index is 1.69. The molecule has 5 heavy (non-hydrogen) atoms. The molecular weight excluding hydrogens is 307 g/mol. The van der Waals surface area contributed by atoms with Crippen LogP contribution in [0.2, 0.25) is 0 Å². The van der Waals surface area contributed by atoms with E-state index in [0.29, 0.717) is 0 Å². The van der Waals surface area contributed by atoms with Crippen LogP contribution in [0.3, 0.4) is 0 Å². The Kier molecular flexibility index (Phi) is 7.91. The molecule has 0 aromatic carbocycles. The van der Waals surface area contributed by atoms with Gasteiger partial charge in [0.25, 0.3) is 0 Å². The van der Waals surface area contributed by atoms with Crippen molar-refractivity contribution in [3.05, 3.63) is 0 Å². The average Bonchev–Trinajstić information content (AvgIpc) is 1.41. The third-order valence-corrected chi connectivity index (χ3v) is 2.07. The van der Waals surface area contributed by atoms with Crippen molar-refractivity contribution in [3.63, 3.8) is 0 Å². The van der Waals surface area contributed by atoms with Crippen molar-refractivity contribution in [2.75, 3.05) is 0 Å². The molecule has 0 heterocycles. The fourth-order valence-electron chi connectivity index (χ4n) is 0.0194. The number of halogens is 2. The van der Waals surface area contributed by atoms with Crippen molar-refractivity contribution in [3.8, 4) is 0 Å². The molecule has 0 spiro atoms. The Morgan fingerprint density at radius 3 is 1.60 bits per heavy atom. The summed E-state index contributed by atoms with van der Waals surface area (Å²) in [4.78, 5) is 0. The summed E-state index contributed by atoms with van der Waals surface area (Å²) in [5, 5.41) is 0. The normalized spacial score (nSPS) is 4.40. The second-order valence-electron chi connectivity index (χ2n) is 0.314. The number of hydrogen-bond acceptors (Lipinski definition) is 0. The third kappa shape index (κ3) is 5.81. The molecule has 0 rings (SSSR count). The summed E-state index contributed by atoms with van der Waals surface area (Å²) in [7, 11) is 1.69. The molecule has 0 unspecified atom stereocenters. The first kappa shape index (κ1) is 6.81. The topological polar surface area (TPSA) is 0 Å². The molecule has 0 saturated heterocycles. The molecule has 26 valence electrons. The molecule has 0 atom stereocenters. The van der Waals surface area contributed by atoms with Crippen molar-refractivity contribution in [2.24, 2.45) is 0 Å². The average molecular weight is 307 g/mol. The van der Waals surface area contributed by atoms with E-state index in [2.05, 4.69) is 44.7 Å². The van der Waals surface area contributed by atoms with Gasteiger partial charge in [-0.25, -0.2) is 0 Å². The predicted molar refractivity (Wildman–Crippen MR) is 47.1 cm³/mol. The van der Waals surface area contributed by atoms with Crippen LogP contribution in [-0.4, -0.2) is 8.02 Å². The second-order valence-corrected chi connectivity index (χ2v) is 3.99. The van der Waals surface area contributed by atoms with Crippen molar-refractivity contribution in [2.45, 2.75) is 0 Å². The van der Waals surface area contributed by atoms with Gasteiger partial charge in [0.15, 0.2) is 0 Å². The molecule has 0 saturated carbocycles. The van der Waals surface area contributed by atoms with Gasteiger partial charge in [0.2, 0.25) is 0 Å². The van der Waals surface area contributed by atoms with Crippen molar-refractivity contribution in [1.29, 1.82) is 0 Å². The molecule has 0 amide bonds. The summed E-state index contributed by atoms with van der Waals surface area (Å²) < 4.78 is 4.01. The molecule has 0 nitrogen and oxygen atoms in total. The predicted octanol–water partition coefficient (Wildman–Crippen LogP) is 1.66. The van der Waals surface area contributed by atoms with Crippen LogP contribution < -0.4 is 0 Å². The van der Waals surface area contributed by atoms with Crippen LogP contribution in [-0.2, 0) is 0 Å². The summed E-state index contributed by atoms with van der Waals surface area (Å²) >= 11 is 4.38. The van der Waals surface area contributed by atoms with E-state index in [0.717, 1.165) is 0 Å². The first-order valence-corrected chi connectivity index (χ1v) is 4.34. The van der Waals surface area contributed by atoms with Crippen molar-refractivity contribution in [1.82, 2.24) is 0 Å². The minimum absolute atomic E-state index is 1.69. The van der Waals surface area contributed by atoms with Crippen LogP contribution in [0.25, 0.3) is 0 Å². The summed E-state index contributed by atoms with van der Waals surface area (Å²) in [6, 6.07) is 0. The van der Waals surface area contributed by atoms with Crippen LogP contribution in [0.5, 0.6) is 0 Å². The standard InChI is InChI=1S/B2I2S/c3-1-5-2-4. The first-order valence-electron chi connectivity index (χ1n) is 0.908. The Labute approximate surface area is 62.6 Å². The fraction of sp³-hybridized carbons (Fsp3) is 0. The van der Waals surface area contributed by atoms with E-state index in [4.69, 9.17) is 0 Å². The Balaban J connectivity index is 3.26. The monoisotopic (exact) mass is 308 g/mol. The second kappa shape index (κ2) is 5.81. The molecule has 0 fully saturated rings. The van der Waals surface area contributed by atoms with E-state index in [1.54, 1.807) is 10.6 Å². The zero-order chi connectivity index (χ0) is 4.12. The van der Waals surface area contributed by atoms with Crippen LogP contribution in [0.15, 0.2) is 0 Å². The number of rotatable bonds is 0. The van der Waals surface area contributed by atoms with Crippen LogP contribution in [0, 0.1) is 0 Å². The summed E-state index contributed by atoms with van der Waals surface area (Å²) in [5.74, 6) is 0. The summed E-state index contributed by atoms with van der Waals surface area (Å²) in [5.41, 5.74) is 0. The van der Waals surface area contributed by atoms with E-state index in [1.165, 1.54) is 0 Å². The molecule has 0 N–H and O–H groups in total. The van der Waals surface area contributed by atoms with Gasteiger partial charge in [-0.05, 0) is 0 Å². The van der Waals surface area contributed by atoms with Gasteiger partial charge in [-0.1, -0.05) is 0 Å². The van der Waals surface area contributed by atoms with Gasteiger partial charge in [0, 0.05) is 0 Å². The van der Waals surface area contributed by atoms with E-state index in [-0.39, 0.29) is 0 Å². The summed E-state index contributed by atoms with van der Waals surface area (Å²) in [6.45, 7) is 0. The SMILES string of the molecule is IB=S=BI. The van der Waals surface area contributed by atoms with Crippen molar-refractivity contribution < 1.29 is 0 Å². The molecule has 0 aromatic rings. The van der Waals surface area contributed by atoms with Gasteiger partial charge < -0.3 is 0 Å². The van der Waals surface area contributed by atoms with Gasteiger partial charge >= 0.3 is 63.4 Å². The molecule has 0 bridgehead atoms. The summed E-state index contributed by atoms with van der Waals surface area (Å²) in [6.07, 6.45) is 0. The zero-order valence-corrected chi connectivity index (χ0v) is 7.45. The van der Waals surface area contributed by atoms with Crippen LogP contribution >= 0.6 is 55.4 Å². The zero-order valence-electron chi connectivity index (χ0n) is 2.32. The van der Waals surface area contributed by atoms with E-state index in [9.17, 15) is 0 Å². The van der Waals surface area contributed by atoms with Crippen molar-refractivity contribution >= 4 is 63.4 Å². The molecular formula is B2I2S. The first-order chi connectivity index (χ1) is 2.41. The van der Waals surface area contributed by atoms with E-state index < -0.39 is 0 Å². The Hall–Kier alpha value is 1.81. The van der Waals surface area contributed by atoms with Crippen LogP contribution in [0.1, 0.15) is 0 Å². The van der Waals surface area contributed by atoms with Gasteiger partial charge in [-0.15, -0.1) is 0 Å². The molecule has 0 aliphatic heterocycles. The van der Waals surface area contributed by atoms with Gasteiger partial charge in [-0.2, -0.15) is 0 Å². The third-order valence-electron chi connectivity index (χ3n) is 0.103. The molecule has 0 aliphatic rings. The molecule has 5 heteroatoms. The Morgan fingerprint density at radius 2 is 1.60 bits per heavy atom. The molecule has 0 aromatic heterocycles. The Morgan fingerprint density at radius 1 is 1.20 bits per heavy atom. The maximum absolute atomic E-state index is 2.19. The van der Waals surface area contributed by atoms with Gasteiger partial charge in [-0.3, -0.25) is 0 Å². The van der Waals surface area contributed by atoms with E-state index in [1.807, 2.05) is 8.02 Å². The molecule has 0 aliphatic carbocycles. The fourth-order valence-corrected chi connectivity index (χ4v) is 2.62. The quantitative estimate of drug-likeness (QED) is 0.472. The molecule has 0 radical (unpaired) electrons. The number of hydrogen-bond donors (Lipinski definition) is 0. The van der Waals surface area contributed by atoms with E-state index >= 15 is 0 Å².